The number of halogens is 1. The number of thioether (sulfide) groups is 1. The van der Waals surface area contributed by atoms with Crippen molar-refractivity contribution >= 4 is 55.6 Å². The van der Waals surface area contributed by atoms with Gasteiger partial charge in [0.25, 0.3) is 10.0 Å². The van der Waals surface area contributed by atoms with Gasteiger partial charge in [0.2, 0.25) is 0 Å². The lowest BCUT2D eigenvalue weighted by Crippen LogP contribution is -2.17. The molecule has 1 N–H and O–H groups in total. The Morgan fingerprint density at radius 1 is 1.67 bits per heavy atom. The Bertz CT molecular complexity index is 520. The van der Waals surface area contributed by atoms with Crippen LogP contribution >= 0.6 is 34.7 Å². The van der Waals surface area contributed by atoms with Crippen LogP contribution in [0.4, 0.5) is 5.69 Å². The fourth-order valence-electron chi connectivity index (χ4n) is 1.11. The van der Waals surface area contributed by atoms with Gasteiger partial charge in [0, 0.05) is 0 Å². The SMILES string of the molecule is CCSC1=NS(=O)(=O)c2sc(Cl)cc2N1. The first-order valence-electron chi connectivity index (χ1n) is 4.07. The Kier molecular flexibility index (Phi) is 2.98. The molecule has 8 heteroatoms. The van der Waals surface area contributed by atoms with Crippen molar-refractivity contribution in [2.24, 2.45) is 4.40 Å². The second-order valence-corrected chi connectivity index (χ2v) is 7.42. The zero-order chi connectivity index (χ0) is 11.1. The zero-order valence-electron chi connectivity index (χ0n) is 7.65. The van der Waals surface area contributed by atoms with E-state index in [1.165, 1.54) is 11.8 Å². The van der Waals surface area contributed by atoms with Crippen LogP contribution < -0.4 is 5.32 Å². The number of hydrogen-bond donors (Lipinski definition) is 1. The molecule has 0 fully saturated rings. The van der Waals surface area contributed by atoms with Gasteiger partial charge in [-0.2, -0.15) is 8.42 Å². The van der Waals surface area contributed by atoms with Crippen molar-refractivity contribution in [1.29, 1.82) is 0 Å². The van der Waals surface area contributed by atoms with E-state index in [1.807, 2.05) is 6.92 Å². The normalized spacial score (nSPS) is 17.9. The Hall–Kier alpha value is -0.240. The molecule has 0 aromatic carbocycles. The number of hydrogen-bond acceptors (Lipinski definition) is 5. The number of sulfonamides is 1. The molecule has 1 aromatic heterocycles. The molecule has 0 saturated carbocycles. The van der Waals surface area contributed by atoms with E-state index in [-0.39, 0.29) is 4.21 Å². The lowest BCUT2D eigenvalue weighted by molar-refractivity contribution is 0.600. The molecular weight excluding hydrogens is 276 g/mol. The molecular formula is C7H7ClN2O2S3. The van der Waals surface area contributed by atoms with E-state index in [2.05, 4.69) is 9.71 Å². The number of anilines is 1. The lowest BCUT2D eigenvalue weighted by atomic mass is 10.5. The Morgan fingerprint density at radius 2 is 2.40 bits per heavy atom. The summed E-state index contributed by atoms with van der Waals surface area (Å²) in [6.07, 6.45) is 0. The third-order valence-electron chi connectivity index (χ3n) is 1.63. The number of rotatable bonds is 1. The van der Waals surface area contributed by atoms with E-state index in [4.69, 9.17) is 11.6 Å². The smallest absolute Gasteiger partial charge is 0.296 e. The third-order valence-corrected chi connectivity index (χ3v) is 5.55. The first-order valence-corrected chi connectivity index (χ1v) is 7.69. The van der Waals surface area contributed by atoms with Gasteiger partial charge in [0.15, 0.2) is 9.38 Å². The highest BCUT2D eigenvalue weighted by Crippen LogP contribution is 2.38. The van der Waals surface area contributed by atoms with Gasteiger partial charge in [-0.3, -0.25) is 0 Å². The molecule has 4 nitrogen and oxygen atoms in total. The van der Waals surface area contributed by atoms with Gasteiger partial charge in [-0.1, -0.05) is 30.3 Å². The van der Waals surface area contributed by atoms with Crippen molar-refractivity contribution in [2.45, 2.75) is 11.1 Å². The quantitative estimate of drug-likeness (QED) is 0.860. The minimum atomic E-state index is -3.55. The molecule has 2 heterocycles. The molecule has 0 radical (unpaired) electrons. The average molecular weight is 283 g/mol. The molecule has 82 valence electrons. The monoisotopic (exact) mass is 282 g/mol. The summed E-state index contributed by atoms with van der Waals surface area (Å²) in [7, 11) is -3.55. The summed E-state index contributed by atoms with van der Waals surface area (Å²) in [5, 5.41) is 3.34. The lowest BCUT2D eigenvalue weighted by Gasteiger charge is -2.13. The topological polar surface area (TPSA) is 58.5 Å². The van der Waals surface area contributed by atoms with E-state index in [9.17, 15) is 8.42 Å². The molecule has 2 rings (SSSR count). The molecule has 1 aromatic rings. The van der Waals surface area contributed by atoms with Gasteiger partial charge in [0.05, 0.1) is 10.0 Å². The van der Waals surface area contributed by atoms with Gasteiger partial charge in [-0.25, -0.2) is 0 Å². The van der Waals surface area contributed by atoms with Crippen LogP contribution in [0, 0.1) is 0 Å². The van der Waals surface area contributed by atoms with Crippen LogP contribution in [-0.2, 0) is 10.0 Å². The zero-order valence-corrected chi connectivity index (χ0v) is 10.9. The summed E-state index contributed by atoms with van der Waals surface area (Å²) in [4.78, 5) is 0. The van der Waals surface area contributed by atoms with Crippen LogP contribution in [0.3, 0.4) is 0 Å². The van der Waals surface area contributed by atoms with Crippen molar-refractivity contribution in [1.82, 2.24) is 0 Å². The summed E-state index contributed by atoms with van der Waals surface area (Å²) < 4.78 is 27.6. The van der Waals surface area contributed by atoms with Gasteiger partial charge in [-0.05, 0) is 11.8 Å². The third kappa shape index (κ3) is 2.15. The molecule has 1 aliphatic heterocycles. The summed E-state index contributed by atoms with van der Waals surface area (Å²) in [6, 6.07) is 1.60. The Morgan fingerprint density at radius 3 is 3.07 bits per heavy atom. The van der Waals surface area contributed by atoms with Gasteiger partial charge < -0.3 is 5.32 Å². The molecule has 0 spiro atoms. The Balaban J connectivity index is 2.49. The first kappa shape index (κ1) is 11.3. The van der Waals surface area contributed by atoms with Gasteiger partial charge in [0.1, 0.15) is 0 Å². The van der Waals surface area contributed by atoms with E-state index in [0.717, 1.165) is 17.1 Å². The predicted molar refractivity (Wildman–Crippen MR) is 65.7 cm³/mol. The number of amidine groups is 1. The second kappa shape index (κ2) is 3.97. The maximum atomic E-state index is 11.7. The van der Waals surface area contributed by atoms with Crippen molar-refractivity contribution < 1.29 is 8.42 Å². The predicted octanol–water partition coefficient (Wildman–Crippen LogP) is 2.62. The first-order chi connectivity index (χ1) is 7.03. The summed E-state index contributed by atoms with van der Waals surface area (Å²) in [5.41, 5.74) is 0.524. The number of thiophene rings is 1. The van der Waals surface area contributed by atoms with Crippen molar-refractivity contribution in [3.63, 3.8) is 0 Å². The highest BCUT2D eigenvalue weighted by Gasteiger charge is 2.27. The van der Waals surface area contributed by atoms with Gasteiger partial charge >= 0.3 is 0 Å². The van der Waals surface area contributed by atoms with E-state index in [0.29, 0.717) is 15.2 Å². The van der Waals surface area contributed by atoms with Crippen LogP contribution in [0.25, 0.3) is 0 Å². The number of nitrogens with zero attached hydrogens (tertiary/aromatic N) is 1. The summed E-state index contributed by atoms with van der Waals surface area (Å²) in [5.74, 6) is 0.758. The maximum Gasteiger partial charge on any atom is 0.296 e. The minimum absolute atomic E-state index is 0.188. The van der Waals surface area contributed by atoms with Crippen molar-refractivity contribution in [3.05, 3.63) is 10.4 Å². The van der Waals surface area contributed by atoms with Crippen LogP contribution in [-0.4, -0.2) is 19.3 Å². The molecule has 0 unspecified atom stereocenters. The van der Waals surface area contributed by atoms with Crippen LogP contribution in [0.1, 0.15) is 6.92 Å². The molecule has 0 bridgehead atoms. The fraction of sp³-hybridized carbons (Fsp3) is 0.286. The van der Waals surface area contributed by atoms with E-state index >= 15 is 0 Å². The molecule has 0 atom stereocenters. The minimum Gasteiger partial charge on any atom is -0.332 e. The molecule has 1 aliphatic rings. The molecule has 0 aliphatic carbocycles. The summed E-state index contributed by atoms with van der Waals surface area (Å²) >= 11 is 8.12. The highest BCUT2D eigenvalue weighted by atomic mass is 35.5. The maximum absolute atomic E-state index is 11.7. The van der Waals surface area contributed by atoms with Gasteiger partial charge in [-0.15, -0.1) is 15.7 Å². The van der Waals surface area contributed by atoms with Crippen molar-refractivity contribution in [3.8, 4) is 0 Å². The van der Waals surface area contributed by atoms with Crippen LogP contribution in [0.5, 0.6) is 0 Å². The largest absolute Gasteiger partial charge is 0.332 e. The molecule has 0 amide bonds. The molecule has 0 saturated heterocycles. The van der Waals surface area contributed by atoms with Crippen LogP contribution in [0.2, 0.25) is 4.34 Å². The van der Waals surface area contributed by atoms with E-state index in [1.54, 1.807) is 6.07 Å². The molecule has 15 heavy (non-hydrogen) atoms. The van der Waals surface area contributed by atoms with E-state index < -0.39 is 10.0 Å². The second-order valence-electron chi connectivity index (χ2n) is 2.68. The van der Waals surface area contributed by atoms with Crippen LogP contribution in [0.15, 0.2) is 14.7 Å². The Labute approximate surface area is 101 Å². The average Bonchev–Trinajstić information content (AvgIpc) is 2.46. The summed E-state index contributed by atoms with van der Waals surface area (Å²) in [6.45, 7) is 1.93. The van der Waals surface area contributed by atoms with Crippen molar-refractivity contribution in [2.75, 3.05) is 11.1 Å². The highest BCUT2D eigenvalue weighted by molar-refractivity contribution is 8.14. The fourth-order valence-corrected chi connectivity index (χ4v) is 4.66. The standard InChI is InChI=1S/C7H7ClN2O2S3/c1-2-13-7-9-4-3-5(8)14-6(4)15(11,12)10-7/h3H,2H2,1H3,(H,9,10). The number of fused-ring (bicyclic) bond motifs is 1. The number of nitrogens with one attached hydrogen (secondary N) is 1.